The second kappa shape index (κ2) is 10.3. The van der Waals surface area contributed by atoms with E-state index in [1.165, 1.54) is 5.56 Å². The van der Waals surface area contributed by atoms with Gasteiger partial charge in [0.15, 0.2) is 0 Å². The van der Waals surface area contributed by atoms with E-state index in [9.17, 15) is 9.59 Å². The summed E-state index contributed by atoms with van der Waals surface area (Å²) in [5, 5.41) is 12.1. The first kappa shape index (κ1) is 21.2. The molecule has 6 heteroatoms. The van der Waals surface area contributed by atoms with Crippen LogP contribution in [0.4, 0.5) is 4.79 Å². The largest absolute Gasteiger partial charge is 0.480 e. The lowest BCUT2D eigenvalue weighted by Gasteiger charge is -2.43. The van der Waals surface area contributed by atoms with Crippen LogP contribution in [0.15, 0.2) is 30.3 Å². The van der Waals surface area contributed by atoms with E-state index in [1.54, 1.807) is 0 Å². The Morgan fingerprint density at radius 2 is 1.89 bits per heavy atom. The summed E-state index contributed by atoms with van der Waals surface area (Å²) < 4.78 is 0. The number of hydrogen-bond acceptors (Lipinski definition) is 3. The van der Waals surface area contributed by atoms with Crippen molar-refractivity contribution in [2.45, 2.75) is 52.1 Å². The van der Waals surface area contributed by atoms with Gasteiger partial charge in [0, 0.05) is 25.2 Å². The summed E-state index contributed by atoms with van der Waals surface area (Å²) in [6.45, 7) is 8.43. The lowest BCUT2D eigenvalue weighted by Crippen LogP contribution is -2.57. The van der Waals surface area contributed by atoms with Crippen molar-refractivity contribution in [3.8, 4) is 0 Å². The maximum absolute atomic E-state index is 12.7. The predicted octanol–water partition coefficient (Wildman–Crippen LogP) is 2.83. The first-order valence-electron chi connectivity index (χ1n) is 9.94. The van der Waals surface area contributed by atoms with Crippen molar-refractivity contribution in [2.24, 2.45) is 5.92 Å². The van der Waals surface area contributed by atoms with E-state index in [1.807, 2.05) is 34.9 Å². The molecule has 0 spiro atoms. The smallest absolute Gasteiger partial charge is 0.317 e. The molecule has 0 heterocycles. The maximum atomic E-state index is 12.7. The van der Waals surface area contributed by atoms with Gasteiger partial charge >= 0.3 is 12.0 Å². The number of nitrogens with one attached hydrogen (secondary N) is 1. The van der Waals surface area contributed by atoms with Crippen LogP contribution >= 0.6 is 0 Å². The summed E-state index contributed by atoms with van der Waals surface area (Å²) >= 11 is 0. The van der Waals surface area contributed by atoms with Crippen LogP contribution in [0.3, 0.4) is 0 Å². The van der Waals surface area contributed by atoms with E-state index in [4.69, 9.17) is 5.11 Å². The Hall–Kier alpha value is -2.08. The highest BCUT2D eigenvalue weighted by Crippen LogP contribution is 2.25. The minimum absolute atomic E-state index is 0.00985. The molecule has 1 aliphatic rings. The monoisotopic (exact) mass is 375 g/mol. The minimum Gasteiger partial charge on any atom is -0.480 e. The van der Waals surface area contributed by atoms with Crippen LogP contribution in [0.25, 0.3) is 0 Å². The van der Waals surface area contributed by atoms with Crippen LogP contribution in [0.5, 0.6) is 0 Å². The van der Waals surface area contributed by atoms with Crippen LogP contribution < -0.4 is 5.32 Å². The zero-order chi connectivity index (χ0) is 19.8. The van der Waals surface area contributed by atoms with Crippen LogP contribution in [0.2, 0.25) is 0 Å². The molecule has 0 aromatic heterocycles. The van der Waals surface area contributed by atoms with Gasteiger partial charge in [-0.05, 0) is 37.3 Å². The standard InChI is InChI=1S/C21H33N3O3/c1-4-23(15-20(25)26)19-12-18(13-19)22-21(27)24(14-16(2)3)11-10-17-8-6-5-7-9-17/h5-9,16,18-19H,4,10-15H2,1-3H3,(H,22,27)(H,25,26). The van der Waals surface area contributed by atoms with Crippen molar-refractivity contribution >= 4 is 12.0 Å². The average molecular weight is 376 g/mol. The summed E-state index contributed by atoms with van der Waals surface area (Å²) in [4.78, 5) is 27.5. The number of urea groups is 1. The van der Waals surface area contributed by atoms with Gasteiger partial charge in [-0.15, -0.1) is 0 Å². The SMILES string of the molecule is CCN(CC(=O)O)C1CC(NC(=O)N(CCc2ccccc2)CC(C)C)C1. The third-order valence-corrected chi connectivity index (χ3v) is 5.09. The van der Waals surface area contributed by atoms with Crippen molar-refractivity contribution in [2.75, 3.05) is 26.2 Å². The Balaban J connectivity index is 1.82. The second-order valence-corrected chi connectivity index (χ2v) is 7.80. The van der Waals surface area contributed by atoms with Gasteiger partial charge in [-0.1, -0.05) is 51.1 Å². The topological polar surface area (TPSA) is 72.9 Å². The summed E-state index contributed by atoms with van der Waals surface area (Å²) in [5.41, 5.74) is 1.23. The molecule has 0 aliphatic heterocycles. The van der Waals surface area contributed by atoms with Crippen LogP contribution in [0.1, 0.15) is 39.2 Å². The van der Waals surface area contributed by atoms with E-state index in [0.717, 1.165) is 25.8 Å². The first-order chi connectivity index (χ1) is 12.9. The van der Waals surface area contributed by atoms with Crippen molar-refractivity contribution in [3.05, 3.63) is 35.9 Å². The molecule has 0 atom stereocenters. The Morgan fingerprint density at radius 3 is 2.44 bits per heavy atom. The third-order valence-electron chi connectivity index (χ3n) is 5.09. The van der Waals surface area contributed by atoms with Gasteiger partial charge in [-0.25, -0.2) is 4.79 Å². The quantitative estimate of drug-likeness (QED) is 0.660. The van der Waals surface area contributed by atoms with Gasteiger partial charge in [0.25, 0.3) is 0 Å². The summed E-state index contributed by atoms with van der Waals surface area (Å²) in [6, 6.07) is 10.6. The molecule has 0 bridgehead atoms. The Morgan fingerprint density at radius 1 is 1.22 bits per heavy atom. The Labute approximate surface area is 162 Å². The number of carboxylic acids is 1. The Bertz CT molecular complexity index is 600. The Kier molecular flexibility index (Phi) is 8.10. The summed E-state index contributed by atoms with van der Waals surface area (Å²) in [6.07, 6.45) is 2.48. The van der Waals surface area contributed by atoms with Gasteiger partial charge in [0.2, 0.25) is 0 Å². The fourth-order valence-electron chi connectivity index (χ4n) is 3.57. The highest BCUT2D eigenvalue weighted by atomic mass is 16.4. The van der Waals surface area contributed by atoms with Crippen LogP contribution in [0, 0.1) is 5.92 Å². The molecule has 0 unspecified atom stereocenters. The van der Waals surface area contributed by atoms with Gasteiger partial charge in [-0.2, -0.15) is 0 Å². The van der Waals surface area contributed by atoms with Crippen LogP contribution in [-0.4, -0.2) is 65.2 Å². The van der Waals surface area contributed by atoms with Gasteiger partial charge in [0.1, 0.15) is 0 Å². The molecule has 2 amide bonds. The van der Waals surface area contributed by atoms with Crippen molar-refractivity contribution in [3.63, 3.8) is 0 Å². The van der Waals surface area contributed by atoms with Gasteiger partial charge in [-0.3, -0.25) is 9.69 Å². The van der Waals surface area contributed by atoms with Gasteiger partial charge in [0.05, 0.1) is 6.54 Å². The number of likely N-dealkylation sites (N-methyl/N-ethyl adjacent to an activating group) is 1. The molecule has 1 aliphatic carbocycles. The number of rotatable bonds is 10. The third kappa shape index (κ3) is 6.86. The number of carbonyl (C=O) groups excluding carboxylic acids is 1. The van der Waals surface area contributed by atoms with E-state index in [2.05, 4.69) is 31.3 Å². The number of benzene rings is 1. The molecule has 0 saturated heterocycles. The molecule has 2 rings (SSSR count). The number of carboxylic acid groups (broad SMARTS) is 1. The average Bonchev–Trinajstić information content (AvgIpc) is 2.59. The van der Waals surface area contributed by atoms with E-state index in [0.29, 0.717) is 19.0 Å². The lowest BCUT2D eigenvalue weighted by atomic mass is 9.85. The zero-order valence-corrected chi connectivity index (χ0v) is 16.7. The van der Waals surface area contributed by atoms with Gasteiger partial charge < -0.3 is 15.3 Å². The predicted molar refractivity (Wildman–Crippen MR) is 107 cm³/mol. The summed E-state index contributed by atoms with van der Waals surface area (Å²) in [7, 11) is 0. The zero-order valence-electron chi connectivity index (χ0n) is 16.7. The molecule has 6 nitrogen and oxygen atoms in total. The molecule has 1 aromatic rings. The molecule has 1 fully saturated rings. The maximum Gasteiger partial charge on any atom is 0.317 e. The summed E-state index contributed by atoms with van der Waals surface area (Å²) in [5.74, 6) is -0.389. The fraction of sp³-hybridized carbons (Fsp3) is 0.619. The van der Waals surface area contributed by atoms with E-state index in [-0.39, 0.29) is 24.7 Å². The molecule has 1 saturated carbocycles. The highest BCUT2D eigenvalue weighted by Gasteiger charge is 2.35. The van der Waals surface area contributed by atoms with Crippen molar-refractivity contribution in [1.29, 1.82) is 0 Å². The first-order valence-corrected chi connectivity index (χ1v) is 9.94. The molecule has 150 valence electrons. The van der Waals surface area contributed by atoms with E-state index < -0.39 is 5.97 Å². The lowest BCUT2D eigenvalue weighted by molar-refractivity contribution is -0.139. The normalized spacial score (nSPS) is 19.0. The molecule has 0 radical (unpaired) electrons. The number of nitrogens with zero attached hydrogens (tertiary/aromatic N) is 2. The molecular formula is C21H33N3O3. The van der Waals surface area contributed by atoms with Crippen molar-refractivity contribution < 1.29 is 14.7 Å². The second-order valence-electron chi connectivity index (χ2n) is 7.80. The fourth-order valence-corrected chi connectivity index (χ4v) is 3.57. The molecular weight excluding hydrogens is 342 g/mol. The number of aliphatic carboxylic acids is 1. The number of carbonyl (C=O) groups is 2. The van der Waals surface area contributed by atoms with Crippen LogP contribution in [-0.2, 0) is 11.2 Å². The number of amides is 2. The molecule has 27 heavy (non-hydrogen) atoms. The highest BCUT2D eigenvalue weighted by molar-refractivity contribution is 5.74. The van der Waals surface area contributed by atoms with Crippen molar-refractivity contribution in [1.82, 2.24) is 15.1 Å². The van der Waals surface area contributed by atoms with E-state index >= 15 is 0 Å². The molecule has 2 N–H and O–H groups in total. The number of hydrogen-bond donors (Lipinski definition) is 2. The minimum atomic E-state index is -0.798. The molecule has 1 aromatic carbocycles.